The molecule has 2 nitrogen and oxygen atoms in total. The van der Waals surface area contributed by atoms with Crippen molar-refractivity contribution in [3.05, 3.63) is 65.7 Å². The standard InChI is InChI=1S/C16H13ClO2/c1-11(2)16(18)19-15-10-6-4-8-13(15)12-7-3-5-9-14(12)17/h3-10H,1H2,2H3. The fourth-order valence-corrected chi connectivity index (χ4v) is 1.88. The molecule has 2 aromatic rings. The number of carbonyl (C=O) groups excluding carboxylic acids is 1. The van der Waals surface area contributed by atoms with Crippen LogP contribution in [0.2, 0.25) is 5.02 Å². The van der Waals surface area contributed by atoms with Crippen LogP contribution in [0.15, 0.2) is 60.7 Å². The van der Waals surface area contributed by atoms with Crippen LogP contribution in [-0.4, -0.2) is 5.97 Å². The Labute approximate surface area is 117 Å². The third-order valence-electron chi connectivity index (χ3n) is 2.60. The monoisotopic (exact) mass is 272 g/mol. The van der Waals surface area contributed by atoms with Crippen molar-refractivity contribution in [3.63, 3.8) is 0 Å². The third-order valence-corrected chi connectivity index (χ3v) is 2.93. The SMILES string of the molecule is C=C(C)C(=O)Oc1ccccc1-c1ccccc1Cl. The van der Waals surface area contributed by atoms with Gasteiger partial charge in [-0.1, -0.05) is 54.6 Å². The first-order valence-electron chi connectivity index (χ1n) is 5.81. The van der Waals surface area contributed by atoms with Crippen LogP contribution in [0.4, 0.5) is 0 Å². The minimum absolute atomic E-state index is 0.356. The second kappa shape index (κ2) is 5.72. The van der Waals surface area contributed by atoms with Gasteiger partial charge in [0, 0.05) is 21.7 Å². The molecule has 0 fully saturated rings. The summed E-state index contributed by atoms with van der Waals surface area (Å²) >= 11 is 6.17. The number of halogens is 1. The van der Waals surface area contributed by atoms with E-state index < -0.39 is 5.97 Å². The molecule has 0 atom stereocenters. The van der Waals surface area contributed by atoms with Crippen molar-refractivity contribution < 1.29 is 9.53 Å². The molecular formula is C16H13ClO2. The molecule has 0 unspecified atom stereocenters. The zero-order chi connectivity index (χ0) is 13.8. The lowest BCUT2D eigenvalue weighted by Gasteiger charge is -2.11. The number of hydrogen-bond acceptors (Lipinski definition) is 2. The van der Waals surface area contributed by atoms with Crippen LogP contribution in [0.1, 0.15) is 6.92 Å². The number of carbonyl (C=O) groups is 1. The van der Waals surface area contributed by atoms with Gasteiger partial charge in [-0.15, -0.1) is 0 Å². The summed E-state index contributed by atoms with van der Waals surface area (Å²) in [6.07, 6.45) is 0. The summed E-state index contributed by atoms with van der Waals surface area (Å²) in [5.41, 5.74) is 1.96. The number of hydrogen-bond donors (Lipinski definition) is 0. The molecule has 19 heavy (non-hydrogen) atoms. The molecule has 0 saturated heterocycles. The lowest BCUT2D eigenvalue weighted by molar-refractivity contribution is -0.130. The molecule has 0 spiro atoms. The normalized spacial score (nSPS) is 10.0. The molecule has 0 heterocycles. The van der Waals surface area contributed by atoms with Gasteiger partial charge >= 0.3 is 5.97 Å². The number of ether oxygens (including phenoxy) is 1. The Bertz CT molecular complexity index is 632. The molecule has 0 bridgehead atoms. The van der Waals surface area contributed by atoms with Crippen molar-refractivity contribution >= 4 is 17.6 Å². The molecule has 2 aromatic carbocycles. The maximum atomic E-state index is 11.6. The average molecular weight is 273 g/mol. The van der Waals surface area contributed by atoms with Gasteiger partial charge in [0.25, 0.3) is 0 Å². The van der Waals surface area contributed by atoms with Gasteiger partial charge in [0.1, 0.15) is 5.75 Å². The van der Waals surface area contributed by atoms with Gasteiger partial charge in [-0.2, -0.15) is 0 Å². The van der Waals surface area contributed by atoms with Crippen molar-refractivity contribution in [2.24, 2.45) is 0 Å². The molecule has 0 saturated carbocycles. The zero-order valence-corrected chi connectivity index (χ0v) is 11.3. The van der Waals surface area contributed by atoms with Crippen LogP contribution < -0.4 is 4.74 Å². The minimum atomic E-state index is -0.445. The van der Waals surface area contributed by atoms with E-state index in [1.807, 2.05) is 30.3 Å². The molecule has 2 rings (SSSR count). The molecule has 0 aliphatic heterocycles. The number of para-hydroxylation sites is 1. The fourth-order valence-electron chi connectivity index (χ4n) is 1.64. The Kier molecular flexibility index (Phi) is 4.03. The van der Waals surface area contributed by atoms with Crippen LogP contribution in [0.5, 0.6) is 5.75 Å². The van der Waals surface area contributed by atoms with Crippen molar-refractivity contribution in [2.75, 3.05) is 0 Å². The predicted molar refractivity (Wildman–Crippen MR) is 77.3 cm³/mol. The molecule has 96 valence electrons. The molecule has 0 N–H and O–H groups in total. The highest BCUT2D eigenvalue weighted by molar-refractivity contribution is 6.33. The van der Waals surface area contributed by atoms with E-state index in [0.717, 1.165) is 11.1 Å². The van der Waals surface area contributed by atoms with Crippen molar-refractivity contribution in [2.45, 2.75) is 6.92 Å². The highest BCUT2D eigenvalue weighted by Crippen LogP contribution is 2.34. The fraction of sp³-hybridized carbons (Fsp3) is 0.0625. The van der Waals surface area contributed by atoms with Gasteiger partial charge in [0.2, 0.25) is 0 Å². The van der Waals surface area contributed by atoms with E-state index in [1.54, 1.807) is 25.1 Å². The average Bonchev–Trinajstić information content (AvgIpc) is 2.40. The van der Waals surface area contributed by atoms with Crippen LogP contribution in [-0.2, 0) is 4.79 Å². The molecule has 3 heteroatoms. The smallest absolute Gasteiger partial charge is 0.338 e. The molecule has 0 aliphatic carbocycles. The van der Waals surface area contributed by atoms with Crippen LogP contribution in [0, 0.1) is 0 Å². The van der Waals surface area contributed by atoms with Crippen molar-refractivity contribution in [1.82, 2.24) is 0 Å². The number of benzene rings is 2. The first kappa shape index (κ1) is 13.4. The Hall–Kier alpha value is -2.06. The van der Waals surface area contributed by atoms with E-state index in [2.05, 4.69) is 6.58 Å². The van der Waals surface area contributed by atoms with Gasteiger partial charge in [-0.25, -0.2) is 4.79 Å². The Morgan fingerprint density at radius 1 is 1.05 bits per heavy atom. The summed E-state index contributed by atoms with van der Waals surface area (Å²) in [5.74, 6) is 0.0307. The van der Waals surface area contributed by atoms with Crippen molar-refractivity contribution in [3.8, 4) is 16.9 Å². The molecule has 0 aromatic heterocycles. The van der Waals surface area contributed by atoms with Gasteiger partial charge < -0.3 is 4.74 Å². The Balaban J connectivity index is 2.45. The summed E-state index contributed by atoms with van der Waals surface area (Å²) in [6.45, 7) is 5.18. The third kappa shape index (κ3) is 3.04. The zero-order valence-electron chi connectivity index (χ0n) is 10.5. The maximum absolute atomic E-state index is 11.6. The lowest BCUT2D eigenvalue weighted by atomic mass is 10.0. The van der Waals surface area contributed by atoms with Gasteiger partial charge in [-0.05, 0) is 19.1 Å². The minimum Gasteiger partial charge on any atom is -0.423 e. The van der Waals surface area contributed by atoms with E-state index in [0.29, 0.717) is 16.3 Å². The quantitative estimate of drug-likeness (QED) is 0.467. The second-order valence-electron chi connectivity index (χ2n) is 4.15. The highest BCUT2D eigenvalue weighted by atomic mass is 35.5. The number of esters is 1. The largest absolute Gasteiger partial charge is 0.423 e. The van der Waals surface area contributed by atoms with E-state index in [1.165, 1.54) is 0 Å². The lowest BCUT2D eigenvalue weighted by Crippen LogP contribution is -2.08. The first-order valence-corrected chi connectivity index (χ1v) is 6.19. The van der Waals surface area contributed by atoms with E-state index in [4.69, 9.17) is 16.3 Å². The maximum Gasteiger partial charge on any atom is 0.338 e. The summed E-state index contributed by atoms with van der Waals surface area (Å²) in [7, 11) is 0. The second-order valence-corrected chi connectivity index (χ2v) is 4.55. The van der Waals surface area contributed by atoms with Crippen LogP contribution >= 0.6 is 11.6 Å². The summed E-state index contributed by atoms with van der Waals surface area (Å²) < 4.78 is 5.32. The van der Waals surface area contributed by atoms with Gasteiger partial charge in [0.05, 0.1) is 0 Å². The van der Waals surface area contributed by atoms with E-state index in [9.17, 15) is 4.79 Å². The Morgan fingerprint density at radius 2 is 1.63 bits per heavy atom. The molecule has 0 aliphatic rings. The first-order chi connectivity index (χ1) is 9.09. The van der Waals surface area contributed by atoms with Crippen LogP contribution in [0.3, 0.4) is 0 Å². The Morgan fingerprint density at radius 3 is 2.26 bits per heavy atom. The highest BCUT2D eigenvalue weighted by Gasteiger charge is 2.12. The summed E-state index contributed by atoms with van der Waals surface area (Å²) in [6, 6.07) is 14.7. The molecule has 0 radical (unpaired) electrons. The van der Waals surface area contributed by atoms with E-state index >= 15 is 0 Å². The van der Waals surface area contributed by atoms with Gasteiger partial charge in [0.15, 0.2) is 0 Å². The van der Waals surface area contributed by atoms with E-state index in [-0.39, 0.29) is 0 Å². The summed E-state index contributed by atoms with van der Waals surface area (Å²) in [4.78, 5) is 11.6. The summed E-state index contributed by atoms with van der Waals surface area (Å²) in [5, 5.41) is 0.612. The van der Waals surface area contributed by atoms with Crippen LogP contribution in [0.25, 0.3) is 11.1 Å². The molecule has 0 amide bonds. The topological polar surface area (TPSA) is 26.3 Å². The molecular weight excluding hydrogens is 260 g/mol. The van der Waals surface area contributed by atoms with Gasteiger partial charge in [-0.3, -0.25) is 0 Å². The van der Waals surface area contributed by atoms with Crippen molar-refractivity contribution in [1.29, 1.82) is 0 Å². The number of rotatable bonds is 3. The predicted octanol–water partition coefficient (Wildman–Crippen LogP) is 4.49.